The molecule has 2 N–H and O–H groups in total. The second-order valence-corrected chi connectivity index (χ2v) is 7.62. The number of para-hydroxylation sites is 2. The molecule has 0 aliphatic carbocycles. The number of nitrogens with one attached hydrogen (secondary N) is 1. The molecule has 0 saturated carbocycles. The Bertz CT molecular complexity index is 936. The van der Waals surface area contributed by atoms with Crippen molar-refractivity contribution in [2.45, 2.75) is 13.1 Å². The van der Waals surface area contributed by atoms with Crippen LogP contribution < -0.4 is 9.88 Å². The summed E-state index contributed by atoms with van der Waals surface area (Å²) in [6, 6.07) is 18.9. The monoisotopic (exact) mass is 381 g/mol. The summed E-state index contributed by atoms with van der Waals surface area (Å²) in [7, 11) is 0. The molecule has 1 aliphatic heterocycles. The summed E-state index contributed by atoms with van der Waals surface area (Å²) in [4.78, 5) is 4.47. The number of rotatable bonds is 8. The summed E-state index contributed by atoms with van der Waals surface area (Å²) < 4.78 is 4.62. The van der Waals surface area contributed by atoms with Gasteiger partial charge in [-0.25, -0.2) is 9.13 Å². The molecular weight excluding hydrogens is 356 g/mol. The number of aryl methyl sites for hydroxylation is 1. The number of aliphatic imine (C=N–C) groups is 1. The topological polar surface area (TPSA) is 53.4 Å². The Labute approximate surface area is 163 Å². The molecule has 5 nitrogen and oxygen atoms in total. The molecule has 4 rings (SSSR count). The molecule has 2 aromatic carbocycles. The standard InChI is InChI=1S/C21H25N4OS/c26-14-12-24-18-8-4-5-9-19(18)25(21(24)17-6-2-1-3-7-17)13-15-27-16-20-22-10-11-23-20/h1-9,26H,10-16H2,(H,22,23)/q+1. The van der Waals surface area contributed by atoms with Gasteiger partial charge >= 0.3 is 0 Å². The van der Waals surface area contributed by atoms with Crippen LogP contribution in [0.15, 0.2) is 59.6 Å². The molecule has 3 aromatic rings. The Kier molecular flexibility index (Phi) is 5.75. The zero-order chi connectivity index (χ0) is 18.5. The van der Waals surface area contributed by atoms with E-state index >= 15 is 0 Å². The summed E-state index contributed by atoms with van der Waals surface area (Å²) in [6.07, 6.45) is 0. The quantitative estimate of drug-likeness (QED) is 0.465. The van der Waals surface area contributed by atoms with Gasteiger partial charge < -0.3 is 10.4 Å². The van der Waals surface area contributed by atoms with Crippen molar-refractivity contribution < 1.29 is 9.67 Å². The smallest absolute Gasteiger partial charge is 0.289 e. The lowest BCUT2D eigenvalue weighted by molar-refractivity contribution is -0.662. The number of benzene rings is 2. The van der Waals surface area contributed by atoms with Gasteiger partial charge in [0.25, 0.3) is 5.82 Å². The molecule has 0 unspecified atom stereocenters. The number of hydrogen-bond donors (Lipinski definition) is 2. The Morgan fingerprint density at radius 1 is 1.11 bits per heavy atom. The van der Waals surface area contributed by atoms with Crippen LogP contribution in [0.3, 0.4) is 0 Å². The third-order valence-corrected chi connectivity index (χ3v) is 5.72. The second kappa shape index (κ2) is 8.59. The van der Waals surface area contributed by atoms with Gasteiger partial charge in [-0.05, 0) is 24.3 Å². The summed E-state index contributed by atoms with van der Waals surface area (Å²) >= 11 is 1.91. The maximum absolute atomic E-state index is 9.64. The minimum Gasteiger partial charge on any atom is -0.392 e. The molecule has 0 fully saturated rings. The predicted octanol–water partition coefficient (Wildman–Crippen LogP) is 2.32. The molecule has 27 heavy (non-hydrogen) atoms. The fourth-order valence-electron chi connectivity index (χ4n) is 3.61. The largest absolute Gasteiger partial charge is 0.392 e. The highest BCUT2D eigenvalue weighted by Crippen LogP contribution is 2.24. The lowest BCUT2D eigenvalue weighted by Crippen LogP contribution is -2.37. The van der Waals surface area contributed by atoms with E-state index in [0.29, 0.717) is 6.54 Å². The van der Waals surface area contributed by atoms with E-state index in [-0.39, 0.29) is 6.61 Å². The van der Waals surface area contributed by atoms with Crippen LogP contribution in [0.2, 0.25) is 0 Å². The summed E-state index contributed by atoms with van der Waals surface area (Å²) in [5, 5.41) is 13.0. The molecule has 140 valence electrons. The van der Waals surface area contributed by atoms with Crippen LogP contribution in [-0.4, -0.2) is 46.7 Å². The van der Waals surface area contributed by atoms with Crippen molar-refractivity contribution in [3.05, 3.63) is 54.6 Å². The van der Waals surface area contributed by atoms with Gasteiger partial charge in [0.15, 0.2) is 11.0 Å². The van der Waals surface area contributed by atoms with E-state index < -0.39 is 0 Å². The van der Waals surface area contributed by atoms with Gasteiger partial charge in [-0.15, -0.1) is 11.8 Å². The first-order chi connectivity index (χ1) is 13.4. The van der Waals surface area contributed by atoms with E-state index in [0.717, 1.165) is 48.3 Å². The van der Waals surface area contributed by atoms with Crippen LogP contribution in [0, 0.1) is 0 Å². The number of thioether (sulfide) groups is 1. The zero-order valence-electron chi connectivity index (χ0n) is 15.3. The SMILES string of the molecule is OCC[n+]1c(-c2ccccc2)n(CCSCC2=NCCN2)c2ccccc21. The fraction of sp³-hybridized carbons (Fsp3) is 0.333. The Morgan fingerprint density at radius 3 is 2.70 bits per heavy atom. The van der Waals surface area contributed by atoms with Crippen LogP contribution in [-0.2, 0) is 13.1 Å². The minimum atomic E-state index is 0.124. The fourth-order valence-corrected chi connectivity index (χ4v) is 4.46. The Morgan fingerprint density at radius 2 is 1.93 bits per heavy atom. The van der Waals surface area contributed by atoms with Gasteiger partial charge in [0.05, 0.1) is 24.5 Å². The number of aliphatic hydroxyl groups is 1. The maximum Gasteiger partial charge on any atom is 0.289 e. The van der Waals surface area contributed by atoms with Crippen LogP contribution in [0.25, 0.3) is 22.4 Å². The van der Waals surface area contributed by atoms with E-state index in [1.807, 2.05) is 17.8 Å². The molecule has 0 radical (unpaired) electrons. The minimum absolute atomic E-state index is 0.124. The first-order valence-corrected chi connectivity index (χ1v) is 10.6. The molecule has 6 heteroatoms. The number of hydrogen-bond acceptors (Lipinski definition) is 4. The average molecular weight is 382 g/mol. The normalized spacial score (nSPS) is 13.7. The van der Waals surface area contributed by atoms with E-state index in [1.165, 1.54) is 11.1 Å². The summed E-state index contributed by atoms with van der Waals surface area (Å²) in [5.74, 6) is 4.23. The van der Waals surface area contributed by atoms with Crippen molar-refractivity contribution in [3.63, 3.8) is 0 Å². The Hall–Kier alpha value is -2.31. The highest BCUT2D eigenvalue weighted by atomic mass is 32.2. The molecule has 0 bridgehead atoms. The van der Waals surface area contributed by atoms with Crippen LogP contribution in [0.1, 0.15) is 0 Å². The summed E-state index contributed by atoms with van der Waals surface area (Å²) in [6.45, 7) is 3.50. The highest BCUT2D eigenvalue weighted by Gasteiger charge is 2.25. The van der Waals surface area contributed by atoms with Crippen LogP contribution >= 0.6 is 11.8 Å². The number of aliphatic hydroxyl groups excluding tert-OH is 1. The van der Waals surface area contributed by atoms with E-state index in [4.69, 9.17) is 0 Å². The number of amidine groups is 1. The van der Waals surface area contributed by atoms with Crippen molar-refractivity contribution in [2.75, 3.05) is 31.2 Å². The van der Waals surface area contributed by atoms with Gasteiger partial charge in [-0.1, -0.05) is 30.3 Å². The summed E-state index contributed by atoms with van der Waals surface area (Å²) in [5.41, 5.74) is 3.55. The van der Waals surface area contributed by atoms with Crippen molar-refractivity contribution >= 4 is 28.6 Å². The Balaban J connectivity index is 1.66. The molecular formula is C21H25N4OS+. The molecule has 0 amide bonds. The first kappa shape index (κ1) is 18.1. The van der Waals surface area contributed by atoms with Crippen LogP contribution in [0.4, 0.5) is 0 Å². The predicted molar refractivity (Wildman–Crippen MR) is 112 cm³/mol. The van der Waals surface area contributed by atoms with Gasteiger partial charge in [0, 0.05) is 12.3 Å². The van der Waals surface area contributed by atoms with E-state index in [2.05, 4.69) is 68.0 Å². The number of imidazole rings is 1. The van der Waals surface area contributed by atoms with Crippen molar-refractivity contribution in [3.8, 4) is 11.4 Å². The third-order valence-electron chi connectivity index (χ3n) is 4.77. The highest BCUT2D eigenvalue weighted by molar-refractivity contribution is 7.99. The number of aromatic nitrogens is 2. The molecule has 0 spiro atoms. The molecule has 0 saturated heterocycles. The number of nitrogens with zero attached hydrogens (tertiary/aromatic N) is 3. The zero-order valence-corrected chi connectivity index (χ0v) is 16.2. The van der Waals surface area contributed by atoms with Gasteiger partial charge in [0.2, 0.25) is 0 Å². The molecule has 2 heterocycles. The maximum atomic E-state index is 9.64. The van der Waals surface area contributed by atoms with Gasteiger partial charge in [-0.2, -0.15) is 0 Å². The lowest BCUT2D eigenvalue weighted by atomic mass is 10.2. The second-order valence-electron chi connectivity index (χ2n) is 6.51. The van der Waals surface area contributed by atoms with Gasteiger partial charge in [-0.3, -0.25) is 4.99 Å². The number of fused-ring (bicyclic) bond motifs is 1. The van der Waals surface area contributed by atoms with E-state index in [1.54, 1.807) is 0 Å². The van der Waals surface area contributed by atoms with E-state index in [9.17, 15) is 5.11 Å². The molecule has 0 atom stereocenters. The average Bonchev–Trinajstić information content (AvgIpc) is 3.33. The lowest BCUT2D eigenvalue weighted by Gasteiger charge is -2.06. The molecule has 1 aromatic heterocycles. The molecule has 1 aliphatic rings. The van der Waals surface area contributed by atoms with Crippen molar-refractivity contribution in [1.82, 2.24) is 9.88 Å². The van der Waals surface area contributed by atoms with Crippen LogP contribution in [0.5, 0.6) is 0 Å². The third kappa shape index (κ3) is 3.87. The van der Waals surface area contributed by atoms with Gasteiger partial charge in [0.1, 0.15) is 18.9 Å². The first-order valence-electron chi connectivity index (χ1n) is 9.41. The van der Waals surface area contributed by atoms with Crippen molar-refractivity contribution in [1.29, 1.82) is 0 Å². The van der Waals surface area contributed by atoms with Crippen molar-refractivity contribution in [2.24, 2.45) is 4.99 Å².